The smallest absolute Gasteiger partial charge is 0.191 e. The van der Waals surface area contributed by atoms with Crippen LogP contribution in [0.15, 0.2) is 17.4 Å². The Morgan fingerprint density at radius 2 is 2.08 bits per heavy atom. The highest BCUT2D eigenvalue weighted by Crippen LogP contribution is 2.16. The van der Waals surface area contributed by atoms with Crippen LogP contribution in [0.2, 0.25) is 0 Å². The zero-order valence-corrected chi connectivity index (χ0v) is 16.9. The van der Waals surface area contributed by atoms with Gasteiger partial charge in [0.1, 0.15) is 0 Å². The van der Waals surface area contributed by atoms with Gasteiger partial charge in [-0.15, -0.1) is 0 Å². The average molecular weight is 366 g/mol. The van der Waals surface area contributed by atoms with Crippen molar-refractivity contribution >= 4 is 5.96 Å². The van der Waals surface area contributed by atoms with E-state index < -0.39 is 0 Å². The highest BCUT2D eigenvalue weighted by Gasteiger charge is 2.18. The lowest BCUT2D eigenvalue weighted by Crippen LogP contribution is -2.45. The van der Waals surface area contributed by atoms with E-state index in [1.54, 1.807) is 0 Å². The standard InChI is InChI=1S/C18H35N7O/c1-6-19-18(20-11-15(2)25-7-9-26-10-8-25)21-13-17(23(3)4)16-12-22-24(5)14-16/h12,14-15,17H,6-11,13H2,1-5H3,(H2,19,20,21). The molecule has 1 fully saturated rings. The second-order valence-electron chi connectivity index (χ2n) is 7.02. The molecule has 1 aliphatic rings. The molecule has 26 heavy (non-hydrogen) atoms. The maximum Gasteiger partial charge on any atom is 0.191 e. The molecule has 2 heterocycles. The van der Waals surface area contributed by atoms with Gasteiger partial charge in [-0.05, 0) is 27.9 Å². The molecule has 0 saturated carbocycles. The van der Waals surface area contributed by atoms with Crippen molar-refractivity contribution in [3.8, 4) is 0 Å². The summed E-state index contributed by atoms with van der Waals surface area (Å²) in [4.78, 5) is 9.43. The molecule has 1 aliphatic heterocycles. The molecule has 0 aliphatic carbocycles. The summed E-state index contributed by atoms with van der Waals surface area (Å²) in [6.45, 7) is 10.3. The van der Waals surface area contributed by atoms with Crippen molar-refractivity contribution in [2.75, 3.05) is 60.0 Å². The number of hydrogen-bond acceptors (Lipinski definition) is 5. The second-order valence-corrected chi connectivity index (χ2v) is 7.02. The number of aliphatic imine (C=N–C) groups is 1. The van der Waals surface area contributed by atoms with Crippen LogP contribution in [0.3, 0.4) is 0 Å². The molecular formula is C18H35N7O. The largest absolute Gasteiger partial charge is 0.379 e. The quantitative estimate of drug-likeness (QED) is 0.510. The Hall–Kier alpha value is -1.64. The normalized spacial score (nSPS) is 18.8. The Labute approximate surface area is 157 Å². The molecule has 1 saturated heterocycles. The third-order valence-corrected chi connectivity index (χ3v) is 4.72. The van der Waals surface area contributed by atoms with Crippen molar-refractivity contribution in [3.63, 3.8) is 0 Å². The lowest BCUT2D eigenvalue weighted by Gasteiger charge is -2.31. The van der Waals surface area contributed by atoms with Crippen molar-refractivity contribution in [1.29, 1.82) is 0 Å². The molecule has 2 atom stereocenters. The van der Waals surface area contributed by atoms with Crippen LogP contribution in [0, 0.1) is 0 Å². The van der Waals surface area contributed by atoms with Crippen LogP contribution < -0.4 is 10.6 Å². The minimum Gasteiger partial charge on any atom is -0.379 e. The van der Waals surface area contributed by atoms with Gasteiger partial charge >= 0.3 is 0 Å². The predicted molar refractivity (Wildman–Crippen MR) is 105 cm³/mol. The van der Waals surface area contributed by atoms with E-state index in [1.807, 2.05) is 17.9 Å². The molecule has 0 amide bonds. The number of nitrogens with zero attached hydrogens (tertiary/aromatic N) is 5. The summed E-state index contributed by atoms with van der Waals surface area (Å²) < 4.78 is 7.27. The maximum absolute atomic E-state index is 5.43. The monoisotopic (exact) mass is 365 g/mol. The van der Waals surface area contributed by atoms with Gasteiger partial charge in [0.2, 0.25) is 0 Å². The number of aryl methyl sites for hydroxylation is 1. The first-order valence-electron chi connectivity index (χ1n) is 9.50. The number of likely N-dealkylation sites (N-methyl/N-ethyl adjacent to an activating group) is 1. The molecule has 2 N–H and O–H groups in total. The zero-order chi connectivity index (χ0) is 18.9. The summed E-state index contributed by atoms with van der Waals surface area (Å²) in [6.07, 6.45) is 3.99. The molecule has 0 radical (unpaired) electrons. The van der Waals surface area contributed by atoms with Crippen LogP contribution in [0.25, 0.3) is 0 Å². The fraction of sp³-hybridized carbons (Fsp3) is 0.778. The lowest BCUT2D eigenvalue weighted by molar-refractivity contribution is 0.0220. The first-order chi connectivity index (χ1) is 12.5. The van der Waals surface area contributed by atoms with E-state index >= 15 is 0 Å². The molecule has 2 unspecified atom stereocenters. The van der Waals surface area contributed by atoms with Crippen molar-refractivity contribution in [2.45, 2.75) is 25.9 Å². The van der Waals surface area contributed by atoms with Crippen LogP contribution in [0.5, 0.6) is 0 Å². The summed E-state index contributed by atoms with van der Waals surface area (Å²) in [7, 11) is 6.12. The van der Waals surface area contributed by atoms with Crippen molar-refractivity contribution in [2.24, 2.45) is 12.0 Å². The van der Waals surface area contributed by atoms with Crippen molar-refractivity contribution < 1.29 is 4.74 Å². The van der Waals surface area contributed by atoms with Gasteiger partial charge in [0.15, 0.2) is 5.96 Å². The van der Waals surface area contributed by atoms with E-state index in [0.29, 0.717) is 6.04 Å². The minimum atomic E-state index is 0.240. The number of rotatable bonds is 8. The van der Waals surface area contributed by atoms with E-state index in [-0.39, 0.29) is 6.04 Å². The molecule has 8 nitrogen and oxygen atoms in total. The molecule has 148 valence electrons. The van der Waals surface area contributed by atoms with Crippen molar-refractivity contribution in [3.05, 3.63) is 18.0 Å². The van der Waals surface area contributed by atoms with Gasteiger partial charge in [-0.1, -0.05) is 0 Å². The van der Waals surface area contributed by atoms with Gasteiger partial charge in [0.05, 0.1) is 32.0 Å². The minimum absolute atomic E-state index is 0.240. The number of ether oxygens (including phenoxy) is 1. The van der Waals surface area contributed by atoms with E-state index in [0.717, 1.165) is 51.9 Å². The van der Waals surface area contributed by atoms with E-state index in [2.05, 4.69) is 59.7 Å². The van der Waals surface area contributed by atoms with Crippen molar-refractivity contribution in [1.82, 2.24) is 30.2 Å². The lowest BCUT2D eigenvalue weighted by atomic mass is 10.1. The summed E-state index contributed by atoms with van der Waals surface area (Å²) in [5, 5.41) is 11.1. The van der Waals surface area contributed by atoms with Crippen LogP contribution in [-0.4, -0.2) is 91.6 Å². The van der Waals surface area contributed by atoms with Gasteiger partial charge in [-0.3, -0.25) is 14.6 Å². The number of nitrogens with one attached hydrogen (secondary N) is 2. The van der Waals surface area contributed by atoms with Crippen LogP contribution in [0.1, 0.15) is 25.5 Å². The van der Waals surface area contributed by atoms with E-state index in [4.69, 9.17) is 9.73 Å². The third-order valence-electron chi connectivity index (χ3n) is 4.72. The third kappa shape index (κ3) is 6.26. The second kappa shape index (κ2) is 10.5. The average Bonchev–Trinajstić information content (AvgIpc) is 3.06. The predicted octanol–water partition coefficient (Wildman–Crippen LogP) is 0.299. The molecule has 2 rings (SSSR count). The molecule has 0 aromatic carbocycles. The van der Waals surface area contributed by atoms with Crippen LogP contribution in [-0.2, 0) is 11.8 Å². The van der Waals surface area contributed by atoms with Gasteiger partial charge in [0, 0.05) is 51.0 Å². The number of aromatic nitrogens is 2. The van der Waals surface area contributed by atoms with E-state index in [9.17, 15) is 0 Å². The Bertz CT molecular complexity index is 551. The highest BCUT2D eigenvalue weighted by atomic mass is 16.5. The molecule has 8 heteroatoms. The number of morpholine rings is 1. The fourth-order valence-electron chi connectivity index (χ4n) is 3.10. The van der Waals surface area contributed by atoms with Gasteiger partial charge < -0.3 is 20.3 Å². The SMILES string of the molecule is CCNC(=NCC(C)N1CCOCC1)NCC(c1cnn(C)c1)N(C)C. The fourth-order valence-corrected chi connectivity index (χ4v) is 3.10. The molecular weight excluding hydrogens is 330 g/mol. The Kier molecular flexibility index (Phi) is 8.34. The number of guanidine groups is 1. The summed E-state index contributed by atoms with van der Waals surface area (Å²) >= 11 is 0. The van der Waals surface area contributed by atoms with E-state index in [1.165, 1.54) is 5.56 Å². The summed E-state index contributed by atoms with van der Waals surface area (Å²) in [5.41, 5.74) is 1.20. The summed E-state index contributed by atoms with van der Waals surface area (Å²) in [6, 6.07) is 0.654. The van der Waals surface area contributed by atoms with Gasteiger partial charge in [-0.25, -0.2) is 0 Å². The van der Waals surface area contributed by atoms with Gasteiger partial charge in [-0.2, -0.15) is 5.10 Å². The first kappa shape index (κ1) is 20.7. The molecule has 1 aromatic heterocycles. The number of hydrogen-bond donors (Lipinski definition) is 2. The highest BCUT2D eigenvalue weighted by molar-refractivity contribution is 5.79. The molecule has 0 spiro atoms. The zero-order valence-electron chi connectivity index (χ0n) is 16.9. The topological polar surface area (TPSA) is 70.0 Å². The Morgan fingerprint density at radius 3 is 2.65 bits per heavy atom. The first-order valence-corrected chi connectivity index (χ1v) is 9.50. The van der Waals surface area contributed by atoms with Gasteiger partial charge in [0.25, 0.3) is 0 Å². The Balaban J connectivity index is 1.92. The summed E-state index contributed by atoms with van der Waals surface area (Å²) in [5.74, 6) is 0.864. The molecule has 0 bridgehead atoms. The maximum atomic E-state index is 5.43. The van der Waals surface area contributed by atoms with Crippen LogP contribution >= 0.6 is 0 Å². The van der Waals surface area contributed by atoms with Crippen LogP contribution in [0.4, 0.5) is 0 Å². The Morgan fingerprint density at radius 1 is 1.35 bits per heavy atom. The molecule has 1 aromatic rings.